The van der Waals surface area contributed by atoms with Gasteiger partial charge in [-0.05, 0) is 24.3 Å². The lowest BCUT2D eigenvalue weighted by Crippen LogP contribution is -2.08. The van der Waals surface area contributed by atoms with Crippen LogP contribution >= 0.6 is 0 Å². The van der Waals surface area contributed by atoms with Crippen LogP contribution in [-0.4, -0.2) is 34.9 Å². The van der Waals surface area contributed by atoms with Gasteiger partial charge in [-0.2, -0.15) is 8.78 Å². The number of halogens is 2. The molecule has 2 aromatic rings. The van der Waals surface area contributed by atoms with Gasteiger partial charge in [0.15, 0.2) is 5.69 Å². The van der Waals surface area contributed by atoms with Gasteiger partial charge in [0.1, 0.15) is 11.6 Å². The normalized spacial score (nSPS) is 10.4. The maximum Gasteiger partial charge on any atom is 0.387 e. The van der Waals surface area contributed by atoms with Crippen molar-refractivity contribution in [3.05, 3.63) is 41.9 Å². The Bertz CT molecular complexity index is 620. The molecule has 0 unspecified atom stereocenters. The molecule has 7 nitrogen and oxygen atoms in total. The molecule has 2 rings (SSSR count). The molecule has 0 saturated carbocycles. The van der Waals surface area contributed by atoms with Gasteiger partial charge in [0.25, 0.3) is 0 Å². The SMILES string of the molecule is COC(=O)c1ccc(NCc2ccc(OC(F)F)cn2)nn1. The molecule has 1 N–H and O–H groups in total. The molecule has 0 bridgehead atoms. The molecular weight excluding hydrogens is 298 g/mol. The Kier molecular flexibility index (Phi) is 5.12. The molecule has 116 valence electrons. The predicted octanol–water partition coefficient (Wildman–Crippen LogP) is 1.87. The van der Waals surface area contributed by atoms with E-state index >= 15 is 0 Å². The second kappa shape index (κ2) is 7.25. The third-order valence-electron chi connectivity index (χ3n) is 2.53. The van der Waals surface area contributed by atoms with Crippen molar-refractivity contribution in [2.45, 2.75) is 13.2 Å². The smallest absolute Gasteiger partial charge is 0.387 e. The summed E-state index contributed by atoms with van der Waals surface area (Å²) in [7, 11) is 1.25. The topological polar surface area (TPSA) is 86.2 Å². The summed E-state index contributed by atoms with van der Waals surface area (Å²) in [6.07, 6.45) is 1.20. The van der Waals surface area contributed by atoms with Gasteiger partial charge in [-0.1, -0.05) is 0 Å². The molecule has 2 aromatic heterocycles. The van der Waals surface area contributed by atoms with Crippen molar-refractivity contribution in [3.8, 4) is 5.75 Å². The molecule has 9 heteroatoms. The van der Waals surface area contributed by atoms with Crippen molar-refractivity contribution in [1.29, 1.82) is 0 Å². The number of nitrogens with one attached hydrogen (secondary N) is 1. The molecule has 0 amide bonds. The monoisotopic (exact) mass is 310 g/mol. The summed E-state index contributed by atoms with van der Waals surface area (Å²) in [4.78, 5) is 15.2. The van der Waals surface area contributed by atoms with E-state index in [-0.39, 0.29) is 11.4 Å². The number of methoxy groups -OCH3 is 1. The molecule has 22 heavy (non-hydrogen) atoms. The second-order valence-corrected chi connectivity index (χ2v) is 4.01. The number of anilines is 1. The third-order valence-corrected chi connectivity index (χ3v) is 2.53. The van der Waals surface area contributed by atoms with Gasteiger partial charge >= 0.3 is 12.6 Å². The molecular formula is C13H12F2N4O3. The van der Waals surface area contributed by atoms with Crippen LogP contribution in [0, 0.1) is 0 Å². The van der Waals surface area contributed by atoms with Gasteiger partial charge in [0, 0.05) is 0 Å². The van der Waals surface area contributed by atoms with E-state index in [0.717, 1.165) is 0 Å². The van der Waals surface area contributed by atoms with Crippen LogP contribution in [0.2, 0.25) is 0 Å². The lowest BCUT2D eigenvalue weighted by molar-refractivity contribution is -0.0500. The summed E-state index contributed by atoms with van der Waals surface area (Å²) in [5, 5.41) is 10.4. The fourth-order valence-electron chi connectivity index (χ4n) is 1.51. The first-order valence-corrected chi connectivity index (χ1v) is 6.14. The maximum absolute atomic E-state index is 12.0. The fourth-order valence-corrected chi connectivity index (χ4v) is 1.51. The number of alkyl halides is 2. The highest BCUT2D eigenvalue weighted by atomic mass is 19.3. The predicted molar refractivity (Wildman–Crippen MR) is 71.6 cm³/mol. The Labute approximate surface area is 124 Å². The number of ether oxygens (including phenoxy) is 2. The number of rotatable bonds is 6. The minimum atomic E-state index is -2.88. The summed E-state index contributed by atoms with van der Waals surface area (Å²) in [6.45, 7) is -2.57. The first-order valence-electron chi connectivity index (χ1n) is 6.14. The van der Waals surface area contributed by atoms with Crippen LogP contribution in [0.3, 0.4) is 0 Å². The van der Waals surface area contributed by atoms with E-state index in [1.165, 1.54) is 25.4 Å². The Hall–Kier alpha value is -2.84. The fraction of sp³-hybridized carbons (Fsp3) is 0.231. The maximum atomic E-state index is 12.0. The van der Waals surface area contributed by atoms with Crippen molar-refractivity contribution in [2.24, 2.45) is 0 Å². The highest BCUT2D eigenvalue weighted by Crippen LogP contribution is 2.13. The molecule has 0 fully saturated rings. The number of nitrogens with zero attached hydrogens (tertiary/aromatic N) is 3. The standard InChI is InChI=1S/C13H12F2N4O3/c1-21-12(20)10-4-5-11(19-18-10)17-6-8-2-3-9(7-16-8)22-13(14)15/h2-5,7,13H,6H2,1H3,(H,17,19). The lowest BCUT2D eigenvalue weighted by Gasteiger charge is -2.06. The zero-order valence-corrected chi connectivity index (χ0v) is 11.5. The van der Waals surface area contributed by atoms with Crippen molar-refractivity contribution in [3.63, 3.8) is 0 Å². The van der Waals surface area contributed by atoms with Gasteiger partial charge in [0.2, 0.25) is 0 Å². The number of hydrogen-bond acceptors (Lipinski definition) is 7. The molecule has 0 aliphatic carbocycles. The van der Waals surface area contributed by atoms with E-state index in [2.05, 4.69) is 30.0 Å². The Morgan fingerprint density at radius 3 is 2.64 bits per heavy atom. The summed E-state index contributed by atoms with van der Waals surface area (Å²) >= 11 is 0. The van der Waals surface area contributed by atoms with Gasteiger partial charge in [-0.3, -0.25) is 4.98 Å². The molecule has 0 atom stereocenters. The average molecular weight is 310 g/mol. The van der Waals surface area contributed by atoms with Gasteiger partial charge in [-0.15, -0.1) is 10.2 Å². The van der Waals surface area contributed by atoms with Crippen LogP contribution < -0.4 is 10.1 Å². The minimum Gasteiger partial charge on any atom is -0.464 e. The number of pyridine rings is 1. The Morgan fingerprint density at radius 2 is 2.09 bits per heavy atom. The quantitative estimate of drug-likeness (QED) is 0.815. The van der Waals surface area contributed by atoms with Gasteiger partial charge in [0.05, 0.1) is 25.5 Å². The summed E-state index contributed by atoms with van der Waals surface area (Å²) in [5.41, 5.74) is 0.695. The van der Waals surface area contributed by atoms with Gasteiger partial charge in [-0.25, -0.2) is 4.79 Å². The third kappa shape index (κ3) is 4.33. The largest absolute Gasteiger partial charge is 0.464 e. The highest BCUT2D eigenvalue weighted by molar-refractivity contribution is 5.86. The van der Waals surface area contributed by atoms with Crippen LogP contribution in [0.4, 0.5) is 14.6 Å². The van der Waals surface area contributed by atoms with Crippen LogP contribution in [0.5, 0.6) is 5.75 Å². The zero-order chi connectivity index (χ0) is 15.9. The number of carbonyl (C=O) groups excluding carboxylic acids is 1. The van der Waals surface area contributed by atoms with Crippen molar-refractivity contribution in [2.75, 3.05) is 12.4 Å². The van der Waals surface area contributed by atoms with Crippen LogP contribution in [0.1, 0.15) is 16.2 Å². The molecule has 0 spiro atoms. The number of hydrogen-bond donors (Lipinski definition) is 1. The van der Waals surface area contributed by atoms with E-state index in [1.807, 2.05) is 0 Å². The van der Waals surface area contributed by atoms with Crippen LogP contribution in [-0.2, 0) is 11.3 Å². The first kappa shape index (κ1) is 15.5. The second-order valence-electron chi connectivity index (χ2n) is 4.01. The summed E-state index contributed by atoms with van der Waals surface area (Å²) in [6, 6.07) is 5.96. The summed E-state index contributed by atoms with van der Waals surface area (Å²) in [5.74, 6) is -0.154. The first-order chi connectivity index (χ1) is 10.6. The van der Waals surface area contributed by atoms with Crippen LogP contribution in [0.15, 0.2) is 30.5 Å². The van der Waals surface area contributed by atoms with Crippen molar-refractivity contribution < 1.29 is 23.0 Å². The minimum absolute atomic E-state index is 0.0130. The van der Waals surface area contributed by atoms with Crippen LogP contribution in [0.25, 0.3) is 0 Å². The molecule has 0 aliphatic rings. The van der Waals surface area contributed by atoms with E-state index in [9.17, 15) is 13.6 Å². The lowest BCUT2D eigenvalue weighted by atomic mass is 10.3. The Balaban J connectivity index is 1.91. The molecule has 0 aromatic carbocycles. The van der Waals surface area contributed by atoms with Crippen molar-refractivity contribution in [1.82, 2.24) is 15.2 Å². The highest BCUT2D eigenvalue weighted by Gasteiger charge is 2.08. The van der Waals surface area contributed by atoms with Crippen molar-refractivity contribution >= 4 is 11.8 Å². The van der Waals surface area contributed by atoms with Gasteiger partial charge < -0.3 is 14.8 Å². The molecule has 0 saturated heterocycles. The van der Waals surface area contributed by atoms with E-state index in [1.54, 1.807) is 12.1 Å². The van der Waals surface area contributed by atoms with E-state index in [4.69, 9.17) is 0 Å². The molecule has 0 radical (unpaired) electrons. The zero-order valence-electron chi connectivity index (χ0n) is 11.5. The molecule has 0 aliphatic heterocycles. The number of aromatic nitrogens is 3. The number of carbonyl (C=O) groups is 1. The molecule has 2 heterocycles. The van der Waals surface area contributed by atoms with E-state index < -0.39 is 12.6 Å². The average Bonchev–Trinajstić information content (AvgIpc) is 2.53. The number of esters is 1. The summed E-state index contributed by atoms with van der Waals surface area (Å²) < 4.78 is 32.7. The van der Waals surface area contributed by atoms with E-state index in [0.29, 0.717) is 18.1 Å². The Morgan fingerprint density at radius 1 is 1.27 bits per heavy atom.